The lowest BCUT2D eigenvalue weighted by Gasteiger charge is -2.38. The van der Waals surface area contributed by atoms with Crippen molar-refractivity contribution in [3.05, 3.63) is 0 Å². The van der Waals surface area contributed by atoms with Crippen molar-refractivity contribution in [2.75, 3.05) is 11.5 Å². The summed E-state index contributed by atoms with van der Waals surface area (Å²) >= 11 is 0. The van der Waals surface area contributed by atoms with E-state index in [1.807, 2.05) is 0 Å². The first-order chi connectivity index (χ1) is 6.49. The predicted molar refractivity (Wildman–Crippen MR) is 43.7 cm³/mol. The van der Waals surface area contributed by atoms with Gasteiger partial charge in [-0.2, -0.15) is 0 Å². The Balaban J connectivity index is 1.98. The zero-order chi connectivity index (χ0) is 10.1. The van der Waals surface area contributed by atoms with Crippen LogP contribution in [0.1, 0.15) is 0 Å². The lowest BCUT2D eigenvalue weighted by molar-refractivity contribution is -0.153. The summed E-state index contributed by atoms with van der Waals surface area (Å²) in [6.45, 7) is 0. The summed E-state index contributed by atoms with van der Waals surface area (Å²) in [6, 6.07) is 0. The molecule has 2 aliphatic heterocycles. The molecule has 0 amide bonds. The average molecular weight is 216 g/mol. The number of carbonyl (C=O) groups is 2. The van der Waals surface area contributed by atoms with E-state index in [1.165, 1.54) is 0 Å². The number of carbonyl (C=O) groups excluding carboxylic acids is 2. The summed E-state index contributed by atoms with van der Waals surface area (Å²) < 4.78 is 27.0. The van der Waals surface area contributed by atoms with Crippen LogP contribution < -0.4 is 0 Å². The Morgan fingerprint density at radius 2 is 1.43 bits per heavy atom. The molecule has 3 fully saturated rings. The molecule has 0 aromatic rings. The summed E-state index contributed by atoms with van der Waals surface area (Å²) in [6.07, 6.45) is 0. The van der Waals surface area contributed by atoms with Gasteiger partial charge in [0.2, 0.25) is 0 Å². The molecule has 3 rings (SSSR count). The van der Waals surface area contributed by atoms with E-state index in [0.717, 1.165) is 0 Å². The second-order valence-electron chi connectivity index (χ2n) is 4.20. The normalized spacial score (nSPS) is 48.0. The fourth-order valence-electron chi connectivity index (χ4n) is 2.91. The van der Waals surface area contributed by atoms with E-state index in [9.17, 15) is 18.0 Å². The molecule has 2 heterocycles. The van der Waals surface area contributed by atoms with E-state index in [0.29, 0.717) is 0 Å². The van der Waals surface area contributed by atoms with Gasteiger partial charge in [0.15, 0.2) is 9.84 Å². The largest absolute Gasteiger partial charge is 0.393 e. The Hall–Kier alpha value is -0.910. The molecule has 0 spiro atoms. The van der Waals surface area contributed by atoms with Gasteiger partial charge < -0.3 is 4.74 Å². The zero-order valence-corrected chi connectivity index (χ0v) is 7.99. The maximum absolute atomic E-state index is 11.3. The minimum absolute atomic E-state index is 0.0429. The van der Waals surface area contributed by atoms with Crippen LogP contribution in [0.15, 0.2) is 0 Å². The van der Waals surface area contributed by atoms with Gasteiger partial charge in [0.25, 0.3) is 0 Å². The van der Waals surface area contributed by atoms with Crippen molar-refractivity contribution >= 4 is 21.8 Å². The minimum atomic E-state index is -3.03. The number of rotatable bonds is 0. The highest BCUT2D eigenvalue weighted by Crippen LogP contribution is 2.55. The highest BCUT2D eigenvalue weighted by atomic mass is 32.2. The molecule has 4 atom stereocenters. The fraction of sp³-hybridized carbons (Fsp3) is 0.750. The summed E-state index contributed by atoms with van der Waals surface area (Å²) in [5.74, 6) is -2.23. The first kappa shape index (κ1) is 8.40. The molecule has 5 nitrogen and oxygen atoms in total. The quantitative estimate of drug-likeness (QED) is 0.382. The maximum atomic E-state index is 11.3. The molecule has 0 bridgehead atoms. The highest BCUT2D eigenvalue weighted by molar-refractivity contribution is 7.91. The van der Waals surface area contributed by atoms with Crippen LogP contribution in [-0.2, 0) is 24.2 Å². The lowest BCUT2D eigenvalue weighted by atomic mass is 9.59. The van der Waals surface area contributed by atoms with Crippen LogP contribution in [0.3, 0.4) is 0 Å². The summed E-state index contributed by atoms with van der Waals surface area (Å²) in [7, 11) is -3.03. The molecule has 76 valence electrons. The van der Waals surface area contributed by atoms with Gasteiger partial charge in [0, 0.05) is 0 Å². The number of hydrogen-bond donors (Lipinski definition) is 0. The molecule has 14 heavy (non-hydrogen) atoms. The van der Waals surface area contributed by atoms with Crippen molar-refractivity contribution in [2.45, 2.75) is 0 Å². The van der Waals surface area contributed by atoms with Gasteiger partial charge >= 0.3 is 11.9 Å². The van der Waals surface area contributed by atoms with E-state index in [-0.39, 0.29) is 23.3 Å². The Kier molecular flexibility index (Phi) is 1.31. The molecule has 2 saturated heterocycles. The van der Waals surface area contributed by atoms with Crippen LogP contribution in [0.2, 0.25) is 0 Å². The third-order valence-electron chi connectivity index (χ3n) is 3.50. The van der Waals surface area contributed by atoms with Crippen LogP contribution in [-0.4, -0.2) is 31.9 Å². The van der Waals surface area contributed by atoms with E-state index in [4.69, 9.17) is 0 Å². The van der Waals surface area contributed by atoms with Crippen molar-refractivity contribution in [3.8, 4) is 0 Å². The Morgan fingerprint density at radius 3 is 1.86 bits per heavy atom. The molecule has 1 aliphatic carbocycles. The topological polar surface area (TPSA) is 77.5 Å². The van der Waals surface area contributed by atoms with Crippen molar-refractivity contribution in [1.82, 2.24) is 0 Å². The third kappa shape index (κ3) is 0.821. The lowest BCUT2D eigenvalue weighted by Crippen LogP contribution is -2.47. The number of cyclic esters (lactones) is 2. The third-order valence-corrected chi connectivity index (χ3v) is 5.28. The molecule has 6 heteroatoms. The first-order valence-electron chi connectivity index (χ1n) is 4.45. The smallest absolute Gasteiger partial charge is 0.317 e. The SMILES string of the molecule is O=C1OC(=O)[C@H]2[C@H]3CS(=O)(=O)C[C@H]3[C@@H]12. The van der Waals surface area contributed by atoms with Gasteiger partial charge in [0.1, 0.15) is 0 Å². The van der Waals surface area contributed by atoms with Gasteiger partial charge in [-0.15, -0.1) is 0 Å². The second-order valence-corrected chi connectivity index (χ2v) is 6.35. The number of fused-ring (bicyclic) bond motifs is 4. The van der Waals surface area contributed by atoms with E-state index < -0.39 is 33.6 Å². The van der Waals surface area contributed by atoms with Crippen molar-refractivity contribution in [3.63, 3.8) is 0 Å². The van der Waals surface area contributed by atoms with E-state index >= 15 is 0 Å². The first-order valence-corrected chi connectivity index (χ1v) is 6.28. The predicted octanol–water partition coefficient (Wildman–Crippen LogP) is -1.02. The molecular formula is C8H8O5S. The number of hydrogen-bond acceptors (Lipinski definition) is 5. The molecule has 3 aliphatic rings. The Labute approximate surface area is 80.3 Å². The van der Waals surface area contributed by atoms with Gasteiger partial charge in [-0.3, -0.25) is 9.59 Å². The Morgan fingerprint density at radius 1 is 1.00 bits per heavy atom. The molecule has 1 saturated carbocycles. The summed E-state index contributed by atoms with van der Waals surface area (Å²) in [5, 5.41) is 0. The molecule has 0 aromatic heterocycles. The number of esters is 2. The van der Waals surface area contributed by atoms with Crippen LogP contribution >= 0.6 is 0 Å². The maximum Gasteiger partial charge on any atom is 0.317 e. The van der Waals surface area contributed by atoms with Gasteiger partial charge in [0.05, 0.1) is 23.3 Å². The number of sulfone groups is 1. The average Bonchev–Trinajstić information content (AvgIpc) is 2.42. The van der Waals surface area contributed by atoms with Gasteiger partial charge in [-0.1, -0.05) is 0 Å². The van der Waals surface area contributed by atoms with Gasteiger partial charge in [-0.05, 0) is 11.8 Å². The van der Waals surface area contributed by atoms with Crippen molar-refractivity contribution in [2.24, 2.45) is 23.7 Å². The van der Waals surface area contributed by atoms with Crippen LogP contribution in [0.5, 0.6) is 0 Å². The van der Waals surface area contributed by atoms with Crippen LogP contribution in [0.25, 0.3) is 0 Å². The van der Waals surface area contributed by atoms with E-state index in [1.54, 1.807) is 0 Å². The summed E-state index contributed by atoms with van der Waals surface area (Å²) in [4.78, 5) is 22.3. The van der Waals surface area contributed by atoms with Crippen molar-refractivity contribution in [1.29, 1.82) is 0 Å². The molecular weight excluding hydrogens is 208 g/mol. The molecule has 0 radical (unpaired) electrons. The van der Waals surface area contributed by atoms with Gasteiger partial charge in [-0.25, -0.2) is 8.42 Å². The van der Waals surface area contributed by atoms with Crippen molar-refractivity contribution < 1.29 is 22.7 Å². The zero-order valence-electron chi connectivity index (χ0n) is 7.17. The highest BCUT2D eigenvalue weighted by Gasteiger charge is 2.67. The number of ether oxygens (including phenoxy) is 1. The van der Waals surface area contributed by atoms with E-state index in [2.05, 4.69) is 4.74 Å². The Bertz CT molecular complexity index is 403. The summed E-state index contributed by atoms with van der Waals surface area (Å²) in [5.41, 5.74) is 0. The standard InChI is InChI=1S/C8H8O5S/c9-7-5-3-1-14(11,12)2-4(3)6(5)8(10)13-7/h3-6H,1-2H2/t3-,4+,5-,6+. The molecule has 0 aromatic carbocycles. The molecule has 0 N–H and O–H groups in total. The monoisotopic (exact) mass is 216 g/mol. The minimum Gasteiger partial charge on any atom is -0.393 e. The van der Waals surface area contributed by atoms with Crippen LogP contribution in [0.4, 0.5) is 0 Å². The fourth-order valence-corrected chi connectivity index (χ4v) is 5.12. The second kappa shape index (κ2) is 2.18. The van der Waals surface area contributed by atoms with Crippen LogP contribution in [0, 0.1) is 23.7 Å². The molecule has 0 unspecified atom stereocenters.